The molecule has 1 aromatic rings. The minimum Gasteiger partial charge on any atom is -0.373 e. The molecule has 134 valence electrons. The Kier molecular flexibility index (Phi) is 6.45. The van der Waals surface area contributed by atoms with Gasteiger partial charge in [-0.25, -0.2) is 4.98 Å². The lowest BCUT2D eigenvalue weighted by molar-refractivity contribution is -0.0432. The predicted molar refractivity (Wildman–Crippen MR) is 98.9 cm³/mol. The molecule has 2 atom stereocenters. The zero-order valence-corrected chi connectivity index (χ0v) is 15.6. The van der Waals surface area contributed by atoms with E-state index in [-0.39, 0.29) is 6.10 Å². The van der Waals surface area contributed by atoms with Crippen LogP contribution < -0.4 is 10.6 Å². The number of morpholine rings is 1. The lowest BCUT2D eigenvalue weighted by atomic mass is 10.2. The number of thiazole rings is 1. The van der Waals surface area contributed by atoms with E-state index in [9.17, 15) is 0 Å². The predicted octanol–water partition coefficient (Wildman–Crippen LogP) is 1.41. The van der Waals surface area contributed by atoms with Crippen molar-refractivity contribution in [2.45, 2.75) is 45.3 Å². The second kappa shape index (κ2) is 8.78. The van der Waals surface area contributed by atoms with Crippen LogP contribution in [0.1, 0.15) is 29.7 Å². The Hall–Kier alpha value is -1.18. The van der Waals surface area contributed by atoms with Crippen LogP contribution >= 0.6 is 11.3 Å². The number of nitrogens with one attached hydrogen (secondary N) is 2. The van der Waals surface area contributed by atoms with Crippen molar-refractivity contribution in [1.82, 2.24) is 20.5 Å². The molecule has 2 fully saturated rings. The van der Waals surface area contributed by atoms with Crippen LogP contribution in [0.3, 0.4) is 0 Å². The van der Waals surface area contributed by atoms with Gasteiger partial charge in [0.1, 0.15) is 0 Å². The van der Waals surface area contributed by atoms with E-state index in [1.165, 1.54) is 29.3 Å². The van der Waals surface area contributed by atoms with E-state index >= 15 is 0 Å². The molecule has 0 saturated carbocycles. The van der Waals surface area contributed by atoms with E-state index in [1.54, 1.807) is 11.3 Å². The first kappa shape index (κ1) is 17.6. The summed E-state index contributed by atoms with van der Waals surface area (Å²) >= 11 is 1.76. The van der Waals surface area contributed by atoms with Crippen molar-refractivity contribution in [3.05, 3.63) is 16.1 Å². The van der Waals surface area contributed by atoms with Crippen LogP contribution in [-0.4, -0.2) is 67.3 Å². The highest BCUT2D eigenvalue weighted by Crippen LogP contribution is 2.22. The Labute approximate surface area is 148 Å². The summed E-state index contributed by atoms with van der Waals surface area (Å²) in [6.45, 7) is 9.72. The number of aliphatic imine (C=N–C) groups is 1. The summed E-state index contributed by atoms with van der Waals surface area (Å²) in [4.78, 5) is 12.9. The Morgan fingerprint density at radius 2 is 2.42 bits per heavy atom. The molecule has 0 radical (unpaired) electrons. The average Bonchev–Trinajstić information content (AvgIpc) is 3.20. The van der Waals surface area contributed by atoms with Crippen molar-refractivity contribution >= 4 is 17.3 Å². The Bertz CT molecular complexity index is 547. The quantitative estimate of drug-likeness (QED) is 0.599. The van der Waals surface area contributed by atoms with Crippen molar-refractivity contribution in [1.29, 1.82) is 0 Å². The maximum absolute atomic E-state index is 5.98. The van der Waals surface area contributed by atoms with Gasteiger partial charge in [-0.3, -0.25) is 9.89 Å². The Balaban J connectivity index is 1.44. The molecule has 2 N–H and O–H groups in total. The van der Waals surface area contributed by atoms with Gasteiger partial charge in [0.2, 0.25) is 0 Å². The van der Waals surface area contributed by atoms with Gasteiger partial charge in [-0.1, -0.05) is 0 Å². The van der Waals surface area contributed by atoms with Gasteiger partial charge in [-0.05, 0) is 33.2 Å². The molecule has 0 aromatic carbocycles. The van der Waals surface area contributed by atoms with Gasteiger partial charge < -0.3 is 15.4 Å². The van der Waals surface area contributed by atoms with Gasteiger partial charge in [0.25, 0.3) is 0 Å². The van der Waals surface area contributed by atoms with Crippen molar-refractivity contribution < 1.29 is 4.74 Å². The molecular weight excluding hydrogens is 322 g/mol. The first-order chi connectivity index (χ1) is 11.7. The fourth-order valence-corrected chi connectivity index (χ4v) is 4.12. The summed E-state index contributed by atoms with van der Waals surface area (Å²) in [5, 5.41) is 7.89. The van der Waals surface area contributed by atoms with Crippen LogP contribution in [0.5, 0.6) is 0 Å². The molecule has 2 saturated heterocycles. The van der Waals surface area contributed by atoms with Crippen molar-refractivity contribution in [3.8, 4) is 0 Å². The number of fused-ring (bicyclic) bond motifs is 1. The van der Waals surface area contributed by atoms with Gasteiger partial charge in [0.05, 0.1) is 24.3 Å². The van der Waals surface area contributed by atoms with Crippen molar-refractivity contribution in [2.75, 3.05) is 39.3 Å². The molecule has 0 bridgehead atoms. The summed E-state index contributed by atoms with van der Waals surface area (Å²) in [5.41, 5.74) is 0. The maximum atomic E-state index is 5.98. The van der Waals surface area contributed by atoms with Crippen LogP contribution in [0, 0.1) is 6.92 Å². The fourth-order valence-electron chi connectivity index (χ4n) is 3.34. The lowest BCUT2D eigenvalue weighted by Gasteiger charge is -2.34. The third kappa shape index (κ3) is 4.91. The Morgan fingerprint density at radius 3 is 3.21 bits per heavy atom. The highest BCUT2D eigenvalue weighted by Gasteiger charge is 2.31. The summed E-state index contributed by atoms with van der Waals surface area (Å²) in [7, 11) is 0. The fraction of sp³-hybridized carbons (Fsp3) is 0.765. The second-order valence-corrected chi connectivity index (χ2v) is 7.83. The molecule has 2 aliphatic heterocycles. The summed E-state index contributed by atoms with van der Waals surface area (Å²) in [5.74, 6) is 0.873. The highest BCUT2D eigenvalue weighted by molar-refractivity contribution is 7.11. The molecule has 0 spiro atoms. The normalized spacial score (nSPS) is 24.8. The molecule has 2 aliphatic rings. The minimum absolute atomic E-state index is 0.219. The molecule has 3 heterocycles. The largest absolute Gasteiger partial charge is 0.373 e. The van der Waals surface area contributed by atoms with Crippen LogP contribution in [0.2, 0.25) is 0 Å². The zero-order chi connectivity index (χ0) is 16.8. The number of aromatic nitrogens is 1. The highest BCUT2D eigenvalue weighted by atomic mass is 32.1. The van der Waals surface area contributed by atoms with E-state index in [0.717, 1.165) is 45.2 Å². The summed E-state index contributed by atoms with van der Waals surface area (Å²) in [6, 6.07) is 0.651. The SMILES string of the molecule is CCNC(=NCC1CN2CCCC2CO1)NCCc1ncc(C)s1. The second-order valence-electron chi connectivity index (χ2n) is 6.51. The molecule has 6 nitrogen and oxygen atoms in total. The summed E-state index contributed by atoms with van der Waals surface area (Å²) < 4.78 is 5.98. The molecule has 2 unspecified atom stereocenters. The number of ether oxygens (including phenoxy) is 1. The molecule has 0 amide bonds. The van der Waals surface area contributed by atoms with E-state index in [2.05, 4.69) is 34.4 Å². The number of hydrogen-bond acceptors (Lipinski definition) is 5. The van der Waals surface area contributed by atoms with E-state index in [0.29, 0.717) is 6.04 Å². The average molecular weight is 352 g/mol. The molecule has 7 heteroatoms. The standard InChI is InChI=1S/C17H29N5OS/c1-3-18-17(19-7-6-16-20-9-13(2)24-16)21-10-15-11-22-8-4-5-14(22)12-23-15/h9,14-15H,3-8,10-12H2,1-2H3,(H2,18,19,21). The molecule has 0 aliphatic carbocycles. The minimum atomic E-state index is 0.219. The van der Waals surface area contributed by atoms with E-state index < -0.39 is 0 Å². The first-order valence-electron chi connectivity index (χ1n) is 9.03. The number of aryl methyl sites for hydroxylation is 1. The molecular formula is C17H29N5OS. The van der Waals surface area contributed by atoms with Crippen molar-refractivity contribution in [3.63, 3.8) is 0 Å². The number of rotatable bonds is 6. The van der Waals surface area contributed by atoms with Gasteiger partial charge in [-0.15, -0.1) is 11.3 Å². The first-order valence-corrected chi connectivity index (χ1v) is 9.85. The third-order valence-electron chi connectivity index (χ3n) is 4.56. The zero-order valence-electron chi connectivity index (χ0n) is 14.8. The lowest BCUT2D eigenvalue weighted by Crippen LogP contribution is -2.47. The molecule has 1 aromatic heterocycles. The third-order valence-corrected chi connectivity index (χ3v) is 5.53. The topological polar surface area (TPSA) is 61.8 Å². The van der Waals surface area contributed by atoms with Gasteiger partial charge >= 0.3 is 0 Å². The Morgan fingerprint density at radius 1 is 1.50 bits per heavy atom. The number of hydrogen-bond donors (Lipinski definition) is 2. The van der Waals surface area contributed by atoms with Crippen LogP contribution in [0.4, 0.5) is 0 Å². The number of guanidine groups is 1. The van der Waals surface area contributed by atoms with E-state index in [1.807, 2.05) is 6.20 Å². The van der Waals surface area contributed by atoms with Crippen LogP contribution in [0.15, 0.2) is 11.2 Å². The van der Waals surface area contributed by atoms with Crippen molar-refractivity contribution in [2.24, 2.45) is 4.99 Å². The van der Waals surface area contributed by atoms with E-state index in [4.69, 9.17) is 9.73 Å². The molecule has 24 heavy (non-hydrogen) atoms. The van der Waals surface area contributed by atoms with Crippen LogP contribution in [-0.2, 0) is 11.2 Å². The van der Waals surface area contributed by atoms with Gasteiger partial charge in [0.15, 0.2) is 5.96 Å². The summed E-state index contributed by atoms with van der Waals surface area (Å²) in [6.07, 6.45) is 5.68. The molecule has 3 rings (SSSR count). The van der Waals surface area contributed by atoms with Gasteiger partial charge in [0, 0.05) is 43.2 Å². The maximum Gasteiger partial charge on any atom is 0.191 e. The van der Waals surface area contributed by atoms with Crippen LogP contribution in [0.25, 0.3) is 0 Å². The number of nitrogens with zero attached hydrogens (tertiary/aromatic N) is 3. The monoisotopic (exact) mass is 351 g/mol. The smallest absolute Gasteiger partial charge is 0.191 e. The van der Waals surface area contributed by atoms with Gasteiger partial charge in [-0.2, -0.15) is 0 Å².